The molecule has 3 rings (SSSR count). The summed E-state index contributed by atoms with van der Waals surface area (Å²) >= 11 is 3.63. The van der Waals surface area contributed by atoms with Crippen molar-refractivity contribution in [1.29, 1.82) is 0 Å². The maximum absolute atomic E-state index is 4.79. The largest absolute Gasteiger partial charge is 0.309 e. The number of hydrogen-bond acceptors (Lipinski definition) is 4. The first kappa shape index (κ1) is 13.2. The number of thioether (sulfide) groups is 1. The molecule has 100 valence electrons. The Morgan fingerprint density at radius 2 is 2.21 bits per heavy atom. The van der Waals surface area contributed by atoms with Crippen molar-refractivity contribution in [3.63, 3.8) is 0 Å². The Balaban J connectivity index is 1.77. The van der Waals surface area contributed by atoms with E-state index in [1.165, 1.54) is 29.0 Å². The van der Waals surface area contributed by atoms with Crippen molar-refractivity contribution in [1.82, 2.24) is 10.3 Å². The Kier molecular flexibility index (Phi) is 4.21. The van der Waals surface area contributed by atoms with E-state index in [-0.39, 0.29) is 0 Å². The van der Waals surface area contributed by atoms with E-state index in [1.807, 2.05) is 11.8 Å². The zero-order valence-electron chi connectivity index (χ0n) is 11.1. The van der Waals surface area contributed by atoms with Crippen LogP contribution in [0.2, 0.25) is 0 Å². The predicted molar refractivity (Wildman–Crippen MR) is 83.9 cm³/mol. The van der Waals surface area contributed by atoms with Crippen LogP contribution in [-0.2, 0) is 0 Å². The molecule has 2 aromatic rings. The third-order valence-corrected chi connectivity index (χ3v) is 5.16. The summed E-state index contributed by atoms with van der Waals surface area (Å²) in [6.45, 7) is 3.31. The van der Waals surface area contributed by atoms with Gasteiger partial charge in [0, 0.05) is 15.8 Å². The molecule has 1 aromatic carbocycles. The lowest BCUT2D eigenvalue weighted by Crippen LogP contribution is -2.12. The van der Waals surface area contributed by atoms with Gasteiger partial charge in [-0.2, -0.15) is 0 Å². The molecule has 1 fully saturated rings. The minimum absolute atomic E-state index is 0.472. The van der Waals surface area contributed by atoms with Crippen molar-refractivity contribution in [3.05, 3.63) is 35.3 Å². The van der Waals surface area contributed by atoms with Crippen LogP contribution in [0.3, 0.4) is 0 Å². The molecule has 0 radical (unpaired) electrons. The van der Waals surface area contributed by atoms with Crippen LogP contribution in [0.5, 0.6) is 0 Å². The van der Waals surface area contributed by atoms with E-state index in [1.54, 1.807) is 11.3 Å². The van der Waals surface area contributed by atoms with E-state index in [0.29, 0.717) is 6.04 Å². The van der Waals surface area contributed by atoms with E-state index >= 15 is 0 Å². The van der Waals surface area contributed by atoms with Gasteiger partial charge in [0.1, 0.15) is 5.01 Å². The van der Waals surface area contributed by atoms with Crippen molar-refractivity contribution in [2.75, 3.05) is 12.3 Å². The monoisotopic (exact) mass is 290 g/mol. The second kappa shape index (κ2) is 6.07. The van der Waals surface area contributed by atoms with E-state index in [4.69, 9.17) is 4.98 Å². The second-order valence-corrected chi connectivity index (χ2v) is 6.88. The summed E-state index contributed by atoms with van der Waals surface area (Å²) in [7, 11) is 0. The van der Waals surface area contributed by atoms with Gasteiger partial charge in [0.05, 0.1) is 11.7 Å². The molecule has 4 heteroatoms. The number of nitrogens with one attached hydrogen (secondary N) is 1. The molecule has 0 unspecified atom stereocenters. The van der Waals surface area contributed by atoms with Crippen LogP contribution in [0.4, 0.5) is 0 Å². The minimum Gasteiger partial charge on any atom is -0.309 e. The van der Waals surface area contributed by atoms with E-state index in [2.05, 4.69) is 41.9 Å². The molecule has 1 saturated heterocycles. The molecule has 1 aromatic heterocycles. The molecular formula is C15H18N2S2. The minimum atomic E-state index is 0.472. The van der Waals surface area contributed by atoms with Gasteiger partial charge in [-0.1, -0.05) is 19.1 Å². The predicted octanol–water partition coefficient (Wildman–Crippen LogP) is 4.35. The lowest BCUT2D eigenvalue weighted by Gasteiger charge is -2.05. The average Bonchev–Trinajstić information content (AvgIpc) is 3.11. The van der Waals surface area contributed by atoms with Crippen LogP contribution < -0.4 is 5.32 Å². The second-order valence-electron chi connectivity index (χ2n) is 4.68. The Labute approximate surface area is 122 Å². The fourth-order valence-corrected chi connectivity index (χ4v) is 3.92. The van der Waals surface area contributed by atoms with Gasteiger partial charge in [-0.3, -0.25) is 0 Å². The smallest absolute Gasteiger partial charge is 0.123 e. The number of rotatable bonds is 4. The summed E-state index contributed by atoms with van der Waals surface area (Å²) in [5.74, 6) is 1.12. The zero-order chi connectivity index (χ0) is 13.1. The van der Waals surface area contributed by atoms with Crippen molar-refractivity contribution in [2.45, 2.75) is 30.7 Å². The lowest BCUT2D eigenvalue weighted by atomic mass is 10.2. The van der Waals surface area contributed by atoms with Crippen molar-refractivity contribution in [3.8, 4) is 10.6 Å². The third-order valence-electron chi connectivity index (χ3n) is 3.35. The molecule has 0 amide bonds. The first-order valence-electron chi connectivity index (χ1n) is 6.79. The van der Waals surface area contributed by atoms with Gasteiger partial charge in [0.15, 0.2) is 0 Å². The van der Waals surface area contributed by atoms with Crippen molar-refractivity contribution >= 4 is 23.1 Å². The van der Waals surface area contributed by atoms with Gasteiger partial charge in [-0.15, -0.1) is 23.1 Å². The topological polar surface area (TPSA) is 24.9 Å². The molecule has 0 bridgehead atoms. The number of benzene rings is 1. The Hall–Kier alpha value is -0.840. The highest BCUT2D eigenvalue weighted by molar-refractivity contribution is 7.99. The van der Waals surface area contributed by atoms with Crippen LogP contribution in [0.25, 0.3) is 10.6 Å². The number of aromatic nitrogens is 1. The molecule has 1 aliphatic rings. The van der Waals surface area contributed by atoms with Crippen molar-refractivity contribution < 1.29 is 0 Å². The SMILES string of the molecule is CCSc1ccc(-c2nc([C@@H]3CCCN3)cs2)cc1. The highest BCUT2D eigenvalue weighted by Gasteiger charge is 2.19. The average molecular weight is 290 g/mol. The van der Waals surface area contributed by atoms with E-state index in [0.717, 1.165) is 17.3 Å². The van der Waals surface area contributed by atoms with Gasteiger partial charge in [0.2, 0.25) is 0 Å². The molecule has 0 aliphatic carbocycles. The van der Waals surface area contributed by atoms with Crippen LogP contribution in [0.1, 0.15) is 31.5 Å². The summed E-state index contributed by atoms with van der Waals surface area (Å²) in [5, 5.41) is 6.84. The molecule has 2 nitrogen and oxygen atoms in total. The molecule has 1 N–H and O–H groups in total. The van der Waals surface area contributed by atoms with E-state index in [9.17, 15) is 0 Å². The normalized spacial score (nSPS) is 18.9. The fourth-order valence-electron chi connectivity index (χ4n) is 2.38. The lowest BCUT2D eigenvalue weighted by molar-refractivity contribution is 0.632. The standard InChI is InChI=1S/C15H18N2S2/c1-2-18-12-7-5-11(6-8-12)15-17-14(10-19-15)13-4-3-9-16-13/h5-8,10,13,16H,2-4,9H2,1H3/t13-/m0/s1. The molecule has 19 heavy (non-hydrogen) atoms. The van der Waals surface area contributed by atoms with Crippen LogP contribution >= 0.6 is 23.1 Å². The van der Waals surface area contributed by atoms with Gasteiger partial charge in [-0.25, -0.2) is 4.98 Å². The van der Waals surface area contributed by atoms with Crippen molar-refractivity contribution in [2.24, 2.45) is 0 Å². The zero-order valence-corrected chi connectivity index (χ0v) is 12.7. The van der Waals surface area contributed by atoms with Gasteiger partial charge in [0.25, 0.3) is 0 Å². The summed E-state index contributed by atoms with van der Waals surface area (Å²) in [4.78, 5) is 6.12. The Morgan fingerprint density at radius 3 is 2.89 bits per heavy atom. The molecular weight excluding hydrogens is 272 g/mol. The maximum atomic E-state index is 4.79. The van der Waals surface area contributed by atoms with Crippen LogP contribution in [0, 0.1) is 0 Å². The Morgan fingerprint density at radius 1 is 1.37 bits per heavy atom. The van der Waals surface area contributed by atoms with Gasteiger partial charge < -0.3 is 5.32 Å². The number of thiazole rings is 1. The first-order chi connectivity index (χ1) is 9.36. The third kappa shape index (κ3) is 3.02. The number of hydrogen-bond donors (Lipinski definition) is 1. The van der Waals surface area contributed by atoms with E-state index < -0.39 is 0 Å². The molecule has 1 aliphatic heterocycles. The highest BCUT2D eigenvalue weighted by atomic mass is 32.2. The molecule has 2 heterocycles. The Bertz CT molecular complexity index is 527. The van der Waals surface area contributed by atoms with Gasteiger partial charge in [-0.05, 0) is 37.3 Å². The summed E-state index contributed by atoms with van der Waals surface area (Å²) in [6.07, 6.45) is 2.48. The summed E-state index contributed by atoms with van der Waals surface area (Å²) in [6, 6.07) is 9.22. The number of nitrogens with zero attached hydrogens (tertiary/aromatic N) is 1. The summed E-state index contributed by atoms with van der Waals surface area (Å²) < 4.78 is 0. The maximum Gasteiger partial charge on any atom is 0.123 e. The molecule has 0 saturated carbocycles. The van der Waals surface area contributed by atoms with Crippen LogP contribution in [0.15, 0.2) is 34.5 Å². The first-order valence-corrected chi connectivity index (χ1v) is 8.65. The van der Waals surface area contributed by atoms with Gasteiger partial charge >= 0.3 is 0 Å². The fraction of sp³-hybridized carbons (Fsp3) is 0.400. The highest BCUT2D eigenvalue weighted by Crippen LogP contribution is 2.30. The molecule has 0 spiro atoms. The quantitative estimate of drug-likeness (QED) is 0.848. The summed E-state index contributed by atoms with van der Waals surface area (Å²) in [5.41, 5.74) is 2.44. The van der Waals surface area contributed by atoms with Crippen LogP contribution in [-0.4, -0.2) is 17.3 Å². The molecule has 1 atom stereocenters.